The summed E-state index contributed by atoms with van der Waals surface area (Å²) >= 11 is 0. The van der Waals surface area contributed by atoms with Crippen LogP contribution in [0.2, 0.25) is 0 Å². The Bertz CT molecular complexity index is 423. The molecular formula is C9H7F6NO. The van der Waals surface area contributed by atoms with Gasteiger partial charge < -0.3 is 10.5 Å². The molecule has 0 aromatic heterocycles. The van der Waals surface area contributed by atoms with E-state index in [4.69, 9.17) is 5.73 Å². The lowest BCUT2D eigenvalue weighted by Crippen LogP contribution is -2.14. The van der Waals surface area contributed by atoms with Crippen LogP contribution in [-0.2, 0) is 12.4 Å². The number of benzene rings is 1. The van der Waals surface area contributed by atoms with E-state index in [0.29, 0.717) is 0 Å². The van der Waals surface area contributed by atoms with Crippen LogP contribution in [-0.4, -0.2) is 7.11 Å². The Hall–Kier alpha value is -1.60. The maximum Gasteiger partial charge on any atom is 0.420 e. The molecule has 0 saturated heterocycles. The van der Waals surface area contributed by atoms with Gasteiger partial charge in [0.25, 0.3) is 0 Å². The molecule has 0 aliphatic carbocycles. The molecule has 8 heteroatoms. The molecule has 2 N–H and O–H groups in total. The first-order valence-corrected chi connectivity index (χ1v) is 4.20. The zero-order chi connectivity index (χ0) is 13.4. The van der Waals surface area contributed by atoms with Gasteiger partial charge in [-0.3, -0.25) is 0 Å². The van der Waals surface area contributed by atoms with Crippen molar-refractivity contribution in [3.63, 3.8) is 0 Å². The third-order valence-corrected chi connectivity index (χ3v) is 2.01. The average Bonchev–Trinajstić information content (AvgIpc) is 2.13. The molecule has 0 saturated carbocycles. The topological polar surface area (TPSA) is 35.2 Å². The van der Waals surface area contributed by atoms with E-state index >= 15 is 0 Å². The second-order valence-corrected chi connectivity index (χ2v) is 3.10. The summed E-state index contributed by atoms with van der Waals surface area (Å²) in [6, 6.07) is 0.568. The van der Waals surface area contributed by atoms with Gasteiger partial charge in [0, 0.05) is 0 Å². The Morgan fingerprint density at radius 3 is 1.71 bits per heavy atom. The summed E-state index contributed by atoms with van der Waals surface area (Å²) in [5, 5.41) is 0. The molecular weight excluding hydrogens is 252 g/mol. The van der Waals surface area contributed by atoms with E-state index in [1.54, 1.807) is 0 Å². The third kappa shape index (κ3) is 2.56. The predicted octanol–water partition coefficient (Wildman–Crippen LogP) is 3.32. The van der Waals surface area contributed by atoms with Crippen LogP contribution in [0.5, 0.6) is 5.75 Å². The Balaban J connectivity index is 3.49. The van der Waals surface area contributed by atoms with Crippen molar-refractivity contribution in [2.24, 2.45) is 0 Å². The van der Waals surface area contributed by atoms with Crippen LogP contribution in [0.15, 0.2) is 12.1 Å². The second kappa shape index (κ2) is 4.01. The summed E-state index contributed by atoms with van der Waals surface area (Å²) in [6.45, 7) is 0. The summed E-state index contributed by atoms with van der Waals surface area (Å²) in [5.41, 5.74) is 1.26. The second-order valence-electron chi connectivity index (χ2n) is 3.10. The van der Waals surface area contributed by atoms with Crippen molar-refractivity contribution in [2.45, 2.75) is 12.4 Å². The normalized spacial score (nSPS) is 12.6. The zero-order valence-corrected chi connectivity index (χ0v) is 8.41. The Morgan fingerprint density at radius 1 is 0.941 bits per heavy atom. The lowest BCUT2D eigenvalue weighted by molar-refractivity contribution is -0.141. The molecule has 0 radical (unpaired) electrons. The number of anilines is 1. The van der Waals surface area contributed by atoms with Crippen LogP contribution in [0.25, 0.3) is 0 Å². The first-order chi connectivity index (χ1) is 7.59. The van der Waals surface area contributed by atoms with Crippen LogP contribution in [0, 0.1) is 0 Å². The highest BCUT2D eigenvalue weighted by Crippen LogP contribution is 2.44. The van der Waals surface area contributed by atoms with Gasteiger partial charge in [0.15, 0.2) is 5.75 Å². The minimum Gasteiger partial charge on any atom is -0.494 e. The standard InChI is InChI=1S/C9H7F6NO/c1-17-7-5(9(13,14)15)3-2-4(6(7)16)8(10,11)12/h2-3H,16H2,1H3. The van der Waals surface area contributed by atoms with Crippen LogP contribution in [0.4, 0.5) is 32.0 Å². The zero-order valence-electron chi connectivity index (χ0n) is 8.41. The molecule has 0 aliphatic rings. The number of halogens is 6. The number of rotatable bonds is 1. The van der Waals surface area contributed by atoms with Crippen molar-refractivity contribution in [2.75, 3.05) is 12.8 Å². The summed E-state index contributed by atoms with van der Waals surface area (Å²) in [4.78, 5) is 0. The number of alkyl halides is 6. The van der Waals surface area contributed by atoms with Crippen molar-refractivity contribution in [3.05, 3.63) is 23.3 Å². The van der Waals surface area contributed by atoms with Crippen LogP contribution in [0.3, 0.4) is 0 Å². The van der Waals surface area contributed by atoms with Crippen molar-refractivity contribution in [1.29, 1.82) is 0 Å². The molecule has 17 heavy (non-hydrogen) atoms. The van der Waals surface area contributed by atoms with E-state index in [-0.39, 0.29) is 12.1 Å². The number of nitrogen functional groups attached to an aromatic ring is 1. The van der Waals surface area contributed by atoms with Crippen LogP contribution >= 0.6 is 0 Å². The fourth-order valence-corrected chi connectivity index (χ4v) is 1.29. The number of ether oxygens (including phenoxy) is 1. The molecule has 96 valence electrons. The summed E-state index contributed by atoms with van der Waals surface area (Å²) in [5.74, 6) is -1.02. The predicted molar refractivity (Wildman–Crippen MR) is 47.4 cm³/mol. The van der Waals surface area contributed by atoms with Gasteiger partial charge in [0.05, 0.1) is 23.9 Å². The highest BCUT2D eigenvalue weighted by atomic mass is 19.4. The van der Waals surface area contributed by atoms with Gasteiger partial charge in [-0.15, -0.1) is 0 Å². The first-order valence-electron chi connectivity index (χ1n) is 4.20. The lowest BCUT2D eigenvalue weighted by Gasteiger charge is -2.17. The fourth-order valence-electron chi connectivity index (χ4n) is 1.29. The van der Waals surface area contributed by atoms with Gasteiger partial charge in [0.1, 0.15) is 0 Å². The molecule has 0 heterocycles. The highest BCUT2D eigenvalue weighted by molar-refractivity contribution is 5.63. The van der Waals surface area contributed by atoms with E-state index < -0.39 is 34.9 Å². The largest absolute Gasteiger partial charge is 0.494 e. The lowest BCUT2D eigenvalue weighted by atomic mass is 10.1. The van der Waals surface area contributed by atoms with Crippen molar-refractivity contribution < 1.29 is 31.1 Å². The molecule has 0 unspecified atom stereocenters. The first kappa shape index (κ1) is 13.5. The minimum absolute atomic E-state index is 0.278. The quantitative estimate of drug-likeness (QED) is 0.620. The summed E-state index contributed by atoms with van der Waals surface area (Å²) in [6.07, 6.45) is -9.66. The average molecular weight is 259 g/mol. The van der Waals surface area contributed by atoms with Gasteiger partial charge >= 0.3 is 12.4 Å². The monoisotopic (exact) mass is 259 g/mol. The third-order valence-electron chi connectivity index (χ3n) is 2.01. The number of hydrogen-bond donors (Lipinski definition) is 1. The van der Waals surface area contributed by atoms with Crippen molar-refractivity contribution in [1.82, 2.24) is 0 Å². The van der Waals surface area contributed by atoms with Crippen LogP contribution in [0.1, 0.15) is 11.1 Å². The van der Waals surface area contributed by atoms with E-state index in [2.05, 4.69) is 4.74 Å². The fraction of sp³-hybridized carbons (Fsp3) is 0.333. The summed E-state index contributed by atoms with van der Waals surface area (Å²) < 4.78 is 78.7. The number of methoxy groups -OCH3 is 1. The van der Waals surface area contributed by atoms with Gasteiger partial charge in [-0.25, -0.2) is 0 Å². The molecule has 0 amide bonds. The smallest absolute Gasteiger partial charge is 0.420 e. The number of hydrogen-bond acceptors (Lipinski definition) is 2. The molecule has 1 rings (SSSR count). The van der Waals surface area contributed by atoms with Gasteiger partial charge in [-0.1, -0.05) is 0 Å². The molecule has 1 aromatic rings. The van der Waals surface area contributed by atoms with E-state index in [0.717, 1.165) is 7.11 Å². The molecule has 0 fully saturated rings. The van der Waals surface area contributed by atoms with Gasteiger partial charge in [0.2, 0.25) is 0 Å². The Morgan fingerprint density at radius 2 is 1.35 bits per heavy atom. The maximum atomic E-state index is 12.4. The van der Waals surface area contributed by atoms with Gasteiger partial charge in [-0.05, 0) is 12.1 Å². The summed E-state index contributed by atoms with van der Waals surface area (Å²) in [7, 11) is 0.821. The molecule has 1 aromatic carbocycles. The van der Waals surface area contributed by atoms with Crippen molar-refractivity contribution in [3.8, 4) is 5.75 Å². The van der Waals surface area contributed by atoms with Gasteiger partial charge in [-0.2, -0.15) is 26.3 Å². The minimum atomic E-state index is -4.83. The highest BCUT2D eigenvalue weighted by Gasteiger charge is 2.40. The maximum absolute atomic E-state index is 12.4. The van der Waals surface area contributed by atoms with Crippen LogP contribution < -0.4 is 10.5 Å². The molecule has 0 bridgehead atoms. The molecule has 0 atom stereocenters. The molecule has 0 spiro atoms. The van der Waals surface area contributed by atoms with E-state index in [9.17, 15) is 26.3 Å². The van der Waals surface area contributed by atoms with E-state index in [1.807, 2.05) is 0 Å². The Kier molecular flexibility index (Phi) is 3.17. The van der Waals surface area contributed by atoms with Crippen molar-refractivity contribution >= 4 is 5.69 Å². The molecule has 0 aliphatic heterocycles. The van der Waals surface area contributed by atoms with E-state index in [1.165, 1.54) is 0 Å². The molecule has 2 nitrogen and oxygen atoms in total. The SMILES string of the molecule is COc1c(C(F)(F)F)ccc(C(F)(F)F)c1N. The number of nitrogens with two attached hydrogens (primary N) is 1. The Labute approximate surface area is 92.0 Å².